The highest BCUT2D eigenvalue weighted by molar-refractivity contribution is 5.97. The van der Waals surface area contributed by atoms with E-state index < -0.39 is 11.4 Å². The van der Waals surface area contributed by atoms with Crippen LogP contribution in [-0.4, -0.2) is 30.1 Å². The minimum absolute atomic E-state index is 0.00212. The van der Waals surface area contributed by atoms with Gasteiger partial charge >= 0.3 is 5.97 Å². The third-order valence-corrected chi connectivity index (χ3v) is 4.32. The maximum absolute atomic E-state index is 12.6. The van der Waals surface area contributed by atoms with E-state index in [1.807, 2.05) is 13.0 Å². The molecule has 0 saturated heterocycles. The van der Waals surface area contributed by atoms with E-state index in [0.29, 0.717) is 29.9 Å². The van der Waals surface area contributed by atoms with Gasteiger partial charge in [-0.2, -0.15) is 0 Å². The molecule has 2 N–H and O–H groups in total. The molecule has 2 aromatic rings. The van der Waals surface area contributed by atoms with Crippen molar-refractivity contribution in [3.8, 4) is 5.75 Å². The van der Waals surface area contributed by atoms with Gasteiger partial charge in [0.1, 0.15) is 11.2 Å². The zero-order valence-corrected chi connectivity index (χ0v) is 14.5. The molecule has 25 heavy (non-hydrogen) atoms. The lowest BCUT2D eigenvalue weighted by Gasteiger charge is -2.29. The number of carboxylic acid groups (broad SMARTS) is 1. The number of aliphatic carboxylic acids is 1. The van der Waals surface area contributed by atoms with Gasteiger partial charge in [-0.15, -0.1) is 0 Å². The molecule has 5 nitrogen and oxygen atoms in total. The van der Waals surface area contributed by atoms with Gasteiger partial charge in [-0.25, -0.2) is 0 Å². The second-order valence-corrected chi connectivity index (χ2v) is 5.72. The molecule has 0 bridgehead atoms. The molecule has 1 amide bonds. The average Bonchev–Trinajstić information content (AvgIpc) is 2.64. The number of amides is 1. The number of carbonyl (C=O) groups is 2. The predicted molar refractivity (Wildman–Crippen MR) is 96.0 cm³/mol. The van der Waals surface area contributed by atoms with Gasteiger partial charge in [0.25, 0.3) is 5.91 Å². The van der Waals surface area contributed by atoms with Gasteiger partial charge in [-0.1, -0.05) is 49.4 Å². The summed E-state index contributed by atoms with van der Waals surface area (Å²) in [7, 11) is 0. The van der Waals surface area contributed by atoms with Gasteiger partial charge in [0.05, 0.1) is 12.2 Å². The van der Waals surface area contributed by atoms with E-state index in [1.165, 1.54) is 0 Å². The summed E-state index contributed by atoms with van der Waals surface area (Å²) < 4.78 is 5.47. The summed E-state index contributed by atoms with van der Waals surface area (Å²) in [6, 6.07) is 15.9. The van der Waals surface area contributed by atoms with Gasteiger partial charge in [0.15, 0.2) is 0 Å². The van der Waals surface area contributed by atoms with Crippen LogP contribution in [-0.2, 0) is 10.2 Å². The smallest absolute Gasteiger partial charge is 0.315 e. The number of hydrogen-bond acceptors (Lipinski definition) is 3. The first-order valence-electron chi connectivity index (χ1n) is 8.34. The van der Waals surface area contributed by atoms with Crippen molar-refractivity contribution in [2.24, 2.45) is 0 Å². The molecule has 0 radical (unpaired) electrons. The van der Waals surface area contributed by atoms with Crippen LogP contribution in [0, 0.1) is 0 Å². The molecule has 1 atom stereocenters. The van der Waals surface area contributed by atoms with E-state index in [2.05, 4.69) is 5.32 Å². The van der Waals surface area contributed by atoms with Gasteiger partial charge in [0.2, 0.25) is 0 Å². The third kappa shape index (κ3) is 3.99. The van der Waals surface area contributed by atoms with Crippen LogP contribution in [0.3, 0.4) is 0 Å². The monoisotopic (exact) mass is 341 g/mol. The fourth-order valence-corrected chi connectivity index (χ4v) is 2.80. The highest BCUT2D eigenvalue weighted by atomic mass is 16.5. The number of para-hydroxylation sites is 1. The van der Waals surface area contributed by atoms with Crippen molar-refractivity contribution in [1.82, 2.24) is 5.32 Å². The van der Waals surface area contributed by atoms with Crippen molar-refractivity contribution < 1.29 is 19.4 Å². The predicted octanol–water partition coefficient (Wildman–Crippen LogP) is 3.25. The molecule has 5 heteroatoms. The van der Waals surface area contributed by atoms with Crippen LogP contribution in [0.4, 0.5) is 0 Å². The normalized spacial score (nSPS) is 12.9. The molecule has 0 aliphatic heterocycles. The molecule has 0 fully saturated rings. The number of benzene rings is 2. The second kappa shape index (κ2) is 8.33. The van der Waals surface area contributed by atoms with Crippen LogP contribution < -0.4 is 10.1 Å². The van der Waals surface area contributed by atoms with Gasteiger partial charge in [-0.05, 0) is 31.0 Å². The Balaban J connectivity index is 2.24. The summed E-state index contributed by atoms with van der Waals surface area (Å²) >= 11 is 0. The Hall–Kier alpha value is -2.82. The second-order valence-electron chi connectivity index (χ2n) is 5.72. The topological polar surface area (TPSA) is 75.6 Å². The number of carbonyl (C=O) groups excluding carboxylic acids is 1. The zero-order chi connectivity index (χ0) is 18.3. The molecule has 2 rings (SSSR count). The summed E-state index contributed by atoms with van der Waals surface area (Å²) in [5.74, 6) is -0.821. The first-order chi connectivity index (χ1) is 12.0. The van der Waals surface area contributed by atoms with Crippen LogP contribution in [0.2, 0.25) is 0 Å². The minimum Gasteiger partial charge on any atom is -0.493 e. The molecule has 0 aliphatic rings. The van der Waals surface area contributed by atoms with Crippen molar-refractivity contribution in [3.05, 3.63) is 65.7 Å². The highest BCUT2D eigenvalue weighted by Gasteiger charge is 2.39. The molecule has 0 aromatic heterocycles. The molecule has 2 aromatic carbocycles. The number of carboxylic acids is 1. The Morgan fingerprint density at radius 2 is 1.68 bits per heavy atom. The summed E-state index contributed by atoms with van der Waals surface area (Å²) in [5.41, 5.74) is -0.103. The van der Waals surface area contributed by atoms with E-state index in [4.69, 9.17) is 4.74 Å². The summed E-state index contributed by atoms with van der Waals surface area (Å²) in [5, 5.41) is 12.6. The van der Waals surface area contributed by atoms with Gasteiger partial charge in [0, 0.05) is 6.54 Å². The van der Waals surface area contributed by atoms with Crippen molar-refractivity contribution in [1.29, 1.82) is 0 Å². The Labute approximate surface area is 147 Å². The van der Waals surface area contributed by atoms with E-state index in [9.17, 15) is 14.7 Å². The molecular weight excluding hydrogens is 318 g/mol. The van der Waals surface area contributed by atoms with Gasteiger partial charge < -0.3 is 15.2 Å². The Morgan fingerprint density at radius 1 is 1.04 bits per heavy atom. The highest BCUT2D eigenvalue weighted by Crippen LogP contribution is 2.28. The minimum atomic E-state index is -1.17. The SMILES string of the molecule is CCOc1ccccc1C(=O)NCC(CC)(C(=O)O)c1ccccc1. The van der Waals surface area contributed by atoms with Crippen LogP contribution in [0.15, 0.2) is 54.6 Å². The van der Waals surface area contributed by atoms with Crippen molar-refractivity contribution in [2.75, 3.05) is 13.2 Å². The maximum atomic E-state index is 12.6. The first-order valence-corrected chi connectivity index (χ1v) is 8.34. The standard InChI is InChI=1S/C20H23NO4/c1-3-20(19(23)24,15-10-6-5-7-11-15)14-21-18(22)16-12-8-9-13-17(16)25-4-2/h5-13H,3-4,14H2,1-2H3,(H,21,22)(H,23,24). The van der Waals surface area contributed by atoms with E-state index in [1.54, 1.807) is 55.5 Å². The van der Waals surface area contributed by atoms with E-state index >= 15 is 0 Å². The van der Waals surface area contributed by atoms with Crippen LogP contribution in [0.5, 0.6) is 5.75 Å². The van der Waals surface area contributed by atoms with Crippen molar-refractivity contribution in [2.45, 2.75) is 25.7 Å². The Bertz CT molecular complexity index is 729. The fraction of sp³-hybridized carbons (Fsp3) is 0.300. The Morgan fingerprint density at radius 3 is 2.28 bits per heavy atom. The molecule has 132 valence electrons. The van der Waals surface area contributed by atoms with Crippen LogP contribution in [0.1, 0.15) is 36.2 Å². The lowest BCUT2D eigenvalue weighted by molar-refractivity contribution is -0.143. The van der Waals surface area contributed by atoms with Crippen LogP contribution in [0.25, 0.3) is 0 Å². The van der Waals surface area contributed by atoms with Crippen molar-refractivity contribution >= 4 is 11.9 Å². The lowest BCUT2D eigenvalue weighted by Crippen LogP contribution is -2.46. The molecule has 1 unspecified atom stereocenters. The average molecular weight is 341 g/mol. The summed E-state index contributed by atoms with van der Waals surface area (Å²) in [6.07, 6.45) is 0.361. The molecule has 0 aliphatic carbocycles. The molecule has 0 heterocycles. The number of rotatable bonds is 8. The summed E-state index contributed by atoms with van der Waals surface area (Å²) in [4.78, 5) is 24.6. The molecular formula is C20H23NO4. The maximum Gasteiger partial charge on any atom is 0.315 e. The Kier molecular flexibility index (Phi) is 6.17. The van der Waals surface area contributed by atoms with E-state index in [0.717, 1.165) is 0 Å². The summed E-state index contributed by atoms with van der Waals surface area (Å²) in [6.45, 7) is 4.10. The first kappa shape index (κ1) is 18.5. The number of nitrogens with one attached hydrogen (secondary N) is 1. The number of hydrogen-bond donors (Lipinski definition) is 2. The number of ether oxygens (including phenoxy) is 1. The molecule has 0 saturated carbocycles. The fourth-order valence-electron chi connectivity index (χ4n) is 2.80. The quantitative estimate of drug-likeness (QED) is 0.773. The van der Waals surface area contributed by atoms with Gasteiger partial charge in [-0.3, -0.25) is 9.59 Å². The lowest BCUT2D eigenvalue weighted by atomic mass is 9.78. The largest absolute Gasteiger partial charge is 0.493 e. The third-order valence-electron chi connectivity index (χ3n) is 4.32. The van der Waals surface area contributed by atoms with Crippen molar-refractivity contribution in [3.63, 3.8) is 0 Å². The van der Waals surface area contributed by atoms with E-state index in [-0.39, 0.29) is 12.5 Å². The molecule has 0 spiro atoms. The van der Waals surface area contributed by atoms with Crippen LogP contribution >= 0.6 is 0 Å². The zero-order valence-electron chi connectivity index (χ0n) is 14.5.